The Balaban J connectivity index is 1.72. The Bertz CT molecular complexity index is 687. The molecule has 0 aromatic rings. The van der Waals surface area contributed by atoms with Crippen LogP contribution in [0.4, 0.5) is 0 Å². The van der Waals surface area contributed by atoms with E-state index >= 15 is 0 Å². The number of fused-ring (bicyclic) bond motifs is 5. The fraction of sp³-hybridized carbons (Fsp3) is 0.833. The molecule has 0 radical (unpaired) electrons. The summed E-state index contributed by atoms with van der Waals surface area (Å²) in [6.45, 7) is 8.89. The standard InChI is InChI=1S/C24H34O2/c1-6-24(16(3)25)12-9-20-18-13-15(2)21-14-17(26)7-10-22(21,4)19(18)8-11-23(20,24)5/h1,15,18-21H,7-14H2,2-5H3/t15-,18+,19-,20-,21+,22+,23-,24+/m0/s1. The number of Topliss-reactive ketones (excluding diaryl/α,β-unsaturated/α-hetero) is 2. The first-order chi connectivity index (χ1) is 12.2. The summed E-state index contributed by atoms with van der Waals surface area (Å²) in [5.41, 5.74) is -0.288. The molecule has 4 saturated carbocycles. The van der Waals surface area contributed by atoms with E-state index in [0.29, 0.717) is 40.8 Å². The van der Waals surface area contributed by atoms with Gasteiger partial charge in [-0.1, -0.05) is 26.7 Å². The van der Waals surface area contributed by atoms with Crippen LogP contribution in [0.25, 0.3) is 0 Å². The molecule has 26 heavy (non-hydrogen) atoms. The number of carbonyl (C=O) groups is 2. The molecule has 0 aliphatic heterocycles. The molecule has 0 bridgehead atoms. The molecule has 0 spiro atoms. The van der Waals surface area contributed by atoms with Crippen LogP contribution in [-0.4, -0.2) is 11.6 Å². The molecule has 2 nitrogen and oxygen atoms in total. The largest absolute Gasteiger partial charge is 0.300 e. The molecule has 0 aromatic heterocycles. The van der Waals surface area contributed by atoms with E-state index in [1.165, 1.54) is 12.8 Å². The molecule has 142 valence electrons. The van der Waals surface area contributed by atoms with Crippen LogP contribution in [0.3, 0.4) is 0 Å². The van der Waals surface area contributed by atoms with Crippen LogP contribution in [0, 0.1) is 58.2 Å². The minimum atomic E-state index is -0.549. The van der Waals surface area contributed by atoms with E-state index < -0.39 is 5.41 Å². The van der Waals surface area contributed by atoms with Gasteiger partial charge < -0.3 is 0 Å². The average Bonchev–Trinajstić information content (AvgIpc) is 2.90. The molecule has 0 unspecified atom stereocenters. The zero-order valence-corrected chi connectivity index (χ0v) is 16.9. The average molecular weight is 355 g/mol. The van der Waals surface area contributed by atoms with Gasteiger partial charge in [-0.25, -0.2) is 0 Å². The molecular weight excluding hydrogens is 320 g/mol. The predicted molar refractivity (Wildman–Crippen MR) is 103 cm³/mol. The summed E-state index contributed by atoms with van der Waals surface area (Å²) < 4.78 is 0. The van der Waals surface area contributed by atoms with E-state index in [9.17, 15) is 9.59 Å². The van der Waals surface area contributed by atoms with Gasteiger partial charge in [-0.05, 0) is 85.9 Å². The monoisotopic (exact) mass is 354 g/mol. The lowest BCUT2D eigenvalue weighted by molar-refractivity contribution is -0.155. The highest BCUT2D eigenvalue weighted by atomic mass is 16.1. The smallest absolute Gasteiger partial charge is 0.148 e. The maximum absolute atomic E-state index is 12.6. The van der Waals surface area contributed by atoms with Gasteiger partial charge in [-0.2, -0.15) is 0 Å². The van der Waals surface area contributed by atoms with Crippen molar-refractivity contribution in [3.63, 3.8) is 0 Å². The molecule has 0 N–H and O–H groups in total. The minimum Gasteiger partial charge on any atom is -0.300 e. The molecule has 0 amide bonds. The summed E-state index contributed by atoms with van der Waals surface area (Å²) >= 11 is 0. The molecule has 0 saturated heterocycles. The van der Waals surface area contributed by atoms with Crippen LogP contribution in [0.15, 0.2) is 0 Å². The number of carbonyl (C=O) groups excluding carboxylic acids is 2. The van der Waals surface area contributed by atoms with Crippen LogP contribution in [0.2, 0.25) is 0 Å². The van der Waals surface area contributed by atoms with Gasteiger partial charge in [0.2, 0.25) is 0 Å². The quantitative estimate of drug-likeness (QED) is 0.617. The lowest BCUT2D eigenvalue weighted by Gasteiger charge is -2.62. The minimum absolute atomic E-state index is 0.0395. The van der Waals surface area contributed by atoms with E-state index in [-0.39, 0.29) is 11.2 Å². The third-order valence-electron chi connectivity index (χ3n) is 9.89. The van der Waals surface area contributed by atoms with E-state index in [2.05, 4.69) is 26.7 Å². The third-order valence-corrected chi connectivity index (χ3v) is 9.89. The van der Waals surface area contributed by atoms with Crippen LogP contribution in [0.1, 0.15) is 79.1 Å². The summed E-state index contributed by atoms with van der Waals surface area (Å²) in [6.07, 6.45) is 14.1. The molecule has 4 aliphatic rings. The first-order valence-electron chi connectivity index (χ1n) is 10.7. The van der Waals surface area contributed by atoms with E-state index in [0.717, 1.165) is 38.5 Å². The summed E-state index contributed by atoms with van der Waals surface area (Å²) in [4.78, 5) is 24.8. The molecule has 4 aliphatic carbocycles. The summed E-state index contributed by atoms with van der Waals surface area (Å²) in [6, 6.07) is 0. The van der Waals surface area contributed by atoms with Gasteiger partial charge in [0.1, 0.15) is 11.6 Å². The number of ketones is 2. The number of rotatable bonds is 1. The van der Waals surface area contributed by atoms with Gasteiger partial charge in [0, 0.05) is 12.8 Å². The van der Waals surface area contributed by atoms with Crippen molar-refractivity contribution < 1.29 is 9.59 Å². The highest BCUT2D eigenvalue weighted by molar-refractivity contribution is 5.87. The van der Waals surface area contributed by atoms with Gasteiger partial charge >= 0.3 is 0 Å². The van der Waals surface area contributed by atoms with Gasteiger partial charge in [0.15, 0.2) is 0 Å². The highest BCUT2D eigenvalue weighted by Gasteiger charge is 2.66. The molecule has 0 aromatic carbocycles. The molecule has 4 rings (SSSR count). The van der Waals surface area contributed by atoms with E-state index in [4.69, 9.17) is 6.42 Å². The zero-order valence-electron chi connectivity index (χ0n) is 16.9. The summed E-state index contributed by atoms with van der Waals surface area (Å²) in [7, 11) is 0. The van der Waals surface area contributed by atoms with Gasteiger partial charge in [-0.3, -0.25) is 9.59 Å². The first kappa shape index (κ1) is 18.3. The summed E-state index contributed by atoms with van der Waals surface area (Å²) in [5.74, 6) is 6.79. The van der Waals surface area contributed by atoms with Gasteiger partial charge in [-0.15, -0.1) is 6.42 Å². The Morgan fingerprint density at radius 1 is 1.12 bits per heavy atom. The van der Waals surface area contributed by atoms with Crippen molar-refractivity contribution in [2.75, 3.05) is 0 Å². The fourth-order valence-corrected chi connectivity index (χ4v) is 8.47. The maximum Gasteiger partial charge on any atom is 0.148 e. The van der Waals surface area contributed by atoms with Crippen LogP contribution in [-0.2, 0) is 9.59 Å². The van der Waals surface area contributed by atoms with Gasteiger partial charge in [0.05, 0.1) is 5.41 Å². The summed E-state index contributed by atoms with van der Waals surface area (Å²) in [5, 5.41) is 0. The predicted octanol–water partition coefficient (Wildman–Crippen LogP) is 5.05. The molecule has 0 heterocycles. The van der Waals surface area contributed by atoms with Crippen molar-refractivity contribution in [1.82, 2.24) is 0 Å². The van der Waals surface area contributed by atoms with E-state index in [1.54, 1.807) is 6.92 Å². The topological polar surface area (TPSA) is 34.1 Å². The van der Waals surface area contributed by atoms with Crippen molar-refractivity contribution in [3.8, 4) is 12.3 Å². The number of terminal acetylenes is 1. The molecule has 2 heteroatoms. The van der Waals surface area contributed by atoms with Crippen LogP contribution < -0.4 is 0 Å². The normalized spacial score (nSPS) is 53.2. The number of hydrogen-bond donors (Lipinski definition) is 0. The first-order valence-corrected chi connectivity index (χ1v) is 10.7. The lowest BCUT2D eigenvalue weighted by Crippen LogP contribution is -2.57. The second-order valence-corrected chi connectivity index (χ2v) is 10.5. The van der Waals surface area contributed by atoms with Gasteiger partial charge in [0.25, 0.3) is 0 Å². The van der Waals surface area contributed by atoms with Crippen molar-refractivity contribution in [1.29, 1.82) is 0 Å². The Hall–Kier alpha value is -1.10. The second kappa shape index (κ2) is 5.70. The Morgan fingerprint density at radius 2 is 1.81 bits per heavy atom. The Kier molecular flexibility index (Phi) is 4.00. The maximum atomic E-state index is 12.6. The van der Waals surface area contributed by atoms with Crippen molar-refractivity contribution in [2.24, 2.45) is 45.8 Å². The van der Waals surface area contributed by atoms with Crippen molar-refractivity contribution in [3.05, 3.63) is 0 Å². The molecule has 4 fully saturated rings. The third kappa shape index (κ3) is 2.07. The Labute approximate surface area is 158 Å². The Morgan fingerprint density at radius 3 is 2.46 bits per heavy atom. The van der Waals surface area contributed by atoms with Crippen molar-refractivity contribution >= 4 is 11.6 Å². The molecule has 8 atom stereocenters. The fourth-order valence-electron chi connectivity index (χ4n) is 8.47. The highest BCUT2D eigenvalue weighted by Crippen LogP contribution is 2.71. The van der Waals surface area contributed by atoms with Crippen LogP contribution >= 0.6 is 0 Å². The van der Waals surface area contributed by atoms with E-state index in [1.807, 2.05) is 0 Å². The van der Waals surface area contributed by atoms with Crippen molar-refractivity contribution in [2.45, 2.75) is 79.1 Å². The van der Waals surface area contributed by atoms with Crippen LogP contribution in [0.5, 0.6) is 0 Å². The SMILES string of the molecule is C#C[C@]1(C(C)=O)CC[C@H]2[C@@H]3C[C@H](C)[C@H]4CC(=O)CC[C@]4(C)[C@H]3CC[C@@]21C. The molecular formula is C24H34O2. The lowest BCUT2D eigenvalue weighted by atomic mass is 9.42. The zero-order chi connectivity index (χ0) is 18.9. The second-order valence-electron chi connectivity index (χ2n) is 10.5. The number of hydrogen-bond acceptors (Lipinski definition) is 2.